The molecule has 21 heavy (non-hydrogen) atoms. The molecule has 0 saturated carbocycles. The molecule has 1 aliphatic heterocycles. The van der Waals surface area contributed by atoms with E-state index < -0.39 is 0 Å². The van der Waals surface area contributed by atoms with Crippen molar-refractivity contribution in [1.82, 2.24) is 9.88 Å². The first-order valence-electron chi connectivity index (χ1n) is 6.27. The van der Waals surface area contributed by atoms with Gasteiger partial charge in [0.15, 0.2) is 0 Å². The van der Waals surface area contributed by atoms with Crippen LogP contribution in [0.25, 0.3) is 10.9 Å². The maximum absolute atomic E-state index is 12.5. The number of pyridine rings is 1. The fourth-order valence-corrected chi connectivity index (χ4v) is 2.67. The van der Waals surface area contributed by atoms with Crippen LogP contribution in [0.2, 0.25) is 10.0 Å². The van der Waals surface area contributed by atoms with E-state index >= 15 is 0 Å². The van der Waals surface area contributed by atoms with Crippen LogP contribution in [0.15, 0.2) is 24.4 Å². The molecular weight excluding hydrogens is 335 g/mol. The number of halogens is 3. The zero-order valence-corrected chi connectivity index (χ0v) is 13.3. The minimum absolute atomic E-state index is 0. The number of ether oxygens (including phenoxy) is 1. The summed E-state index contributed by atoms with van der Waals surface area (Å²) in [6, 6.07) is 5.26. The van der Waals surface area contributed by atoms with E-state index in [-0.39, 0.29) is 18.3 Å². The Bertz CT molecular complexity index is 673. The second-order valence-electron chi connectivity index (χ2n) is 4.55. The monoisotopic (exact) mass is 346 g/mol. The van der Waals surface area contributed by atoms with Gasteiger partial charge in [0.05, 0.1) is 29.3 Å². The molecule has 112 valence electrons. The summed E-state index contributed by atoms with van der Waals surface area (Å²) >= 11 is 12.3. The third-order valence-corrected chi connectivity index (χ3v) is 3.94. The Morgan fingerprint density at radius 3 is 2.67 bits per heavy atom. The predicted octanol–water partition coefficient (Wildman–Crippen LogP) is 3.44. The Morgan fingerprint density at radius 1 is 1.24 bits per heavy atom. The maximum atomic E-state index is 12.5. The zero-order chi connectivity index (χ0) is 14.1. The molecule has 1 aromatic carbocycles. The predicted molar refractivity (Wildman–Crippen MR) is 85.7 cm³/mol. The van der Waals surface area contributed by atoms with E-state index in [4.69, 9.17) is 27.9 Å². The van der Waals surface area contributed by atoms with Crippen LogP contribution in [0.5, 0.6) is 0 Å². The van der Waals surface area contributed by atoms with Crippen molar-refractivity contribution in [3.8, 4) is 0 Å². The third-order valence-electron chi connectivity index (χ3n) is 3.29. The lowest BCUT2D eigenvalue weighted by molar-refractivity contribution is 0.0303. The van der Waals surface area contributed by atoms with Crippen LogP contribution < -0.4 is 0 Å². The lowest BCUT2D eigenvalue weighted by atomic mass is 10.1. The molecule has 1 fully saturated rings. The van der Waals surface area contributed by atoms with E-state index in [0.29, 0.717) is 47.3 Å². The number of hydrogen-bond acceptors (Lipinski definition) is 3. The average molecular weight is 348 g/mol. The molecule has 1 saturated heterocycles. The summed E-state index contributed by atoms with van der Waals surface area (Å²) in [7, 11) is 0. The van der Waals surface area contributed by atoms with Crippen LogP contribution in [-0.4, -0.2) is 42.1 Å². The van der Waals surface area contributed by atoms with Gasteiger partial charge in [-0.3, -0.25) is 9.78 Å². The summed E-state index contributed by atoms with van der Waals surface area (Å²) in [5, 5.41) is 1.66. The van der Waals surface area contributed by atoms with Gasteiger partial charge in [-0.1, -0.05) is 23.2 Å². The van der Waals surface area contributed by atoms with E-state index in [9.17, 15) is 4.79 Å². The Kier molecular flexibility index (Phi) is 5.27. The van der Waals surface area contributed by atoms with E-state index in [1.807, 2.05) is 0 Å². The number of carbonyl (C=O) groups excluding carboxylic acids is 1. The number of nitrogens with zero attached hydrogens (tertiary/aromatic N) is 2. The van der Waals surface area contributed by atoms with E-state index in [0.717, 1.165) is 5.52 Å². The number of hydrogen-bond donors (Lipinski definition) is 0. The Balaban J connectivity index is 0.00000161. The van der Waals surface area contributed by atoms with Gasteiger partial charge in [-0.25, -0.2) is 0 Å². The normalized spacial score (nSPS) is 14.9. The number of morpholine rings is 1. The van der Waals surface area contributed by atoms with E-state index in [1.165, 1.54) is 6.20 Å². The Morgan fingerprint density at radius 2 is 1.95 bits per heavy atom. The molecule has 0 atom stereocenters. The van der Waals surface area contributed by atoms with Gasteiger partial charge in [-0.15, -0.1) is 12.4 Å². The zero-order valence-electron chi connectivity index (χ0n) is 11.0. The fourth-order valence-electron chi connectivity index (χ4n) is 2.22. The Hall–Kier alpha value is -1.07. The minimum Gasteiger partial charge on any atom is -0.378 e. The number of rotatable bonds is 1. The van der Waals surface area contributed by atoms with Crippen molar-refractivity contribution in [1.29, 1.82) is 0 Å². The summed E-state index contributed by atoms with van der Waals surface area (Å²) in [4.78, 5) is 18.5. The van der Waals surface area contributed by atoms with Crippen molar-refractivity contribution in [2.45, 2.75) is 0 Å². The molecule has 0 aliphatic carbocycles. The molecule has 7 heteroatoms. The molecule has 3 rings (SSSR count). The van der Waals surface area contributed by atoms with Gasteiger partial charge < -0.3 is 9.64 Å². The van der Waals surface area contributed by atoms with Crippen molar-refractivity contribution in [3.05, 3.63) is 40.0 Å². The van der Waals surface area contributed by atoms with Crippen LogP contribution in [0.4, 0.5) is 0 Å². The van der Waals surface area contributed by atoms with Gasteiger partial charge in [0.25, 0.3) is 5.91 Å². The summed E-state index contributed by atoms with van der Waals surface area (Å²) < 4.78 is 5.24. The highest BCUT2D eigenvalue weighted by Crippen LogP contribution is 2.28. The van der Waals surface area contributed by atoms with Crippen LogP contribution in [-0.2, 0) is 4.74 Å². The smallest absolute Gasteiger partial charge is 0.257 e. The van der Waals surface area contributed by atoms with Crippen molar-refractivity contribution in [2.24, 2.45) is 0 Å². The fraction of sp³-hybridized carbons (Fsp3) is 0.286. The highest BCUT2D eigenvalue weighted by Gasteiger charge is 2.22. The number of aromatic nitrogens is 1. The molecule has 0 spiro atoms. The molecule has 2 heterocycles. The molecule has 0 N–H and O–H groups in total. The van der Waals surface area contributed by atoms with Gasteiger partial charge in [0.2, 0.25) is 0 Å². The SMILES string of the molecule is Cl.O=C(c1cnc2ccc(Cl)cc2c1Cl)N1CCOCC1. The van der Waals surface area contributed by atoms with Crippen LogP contribution >= 0.6 is 35.6 Å². The second-order valence-corrected chi connectivity index (χ2v) is 5.37. The quantitative estimate of drug-likeness (QED) is 0.793. The molecule has 0 unspecified atom stereocenters. The highest BCUT2D eigenvalue weighted by atomic mass is 35.5. The minimum atomic E-state index is -0.118. The van der Waals surface area contributed by atoms with Gasteiger partial charge in [-0.05, 0) is 18.2 Å². The first-order chi connectivity index (χ1) is 9.66. The lowest BCUT2D eigenvalue weighted by Gasteiger charge is -2.27. The van der Waals surface area contributed by atoms with Crippen LogP contribution in [0, 0.1) is 0 Å². The first-order valence-corrected chi connectivity index (χ1v) is 7.03. The molecule has 2 aromatic rings. The van der Waals surface area contributed by atoms with Crippen molar-refractivity contribution < 1.29 is 9.53 Å². The average Bonchev–Trinajstić information content (AvgIpc) is 2.48. The standard InChI is InChI=1S/C14H12Cl2N2O2.ClH/c15-9-1-2-12-10(7-9)13(16)11(8-17-12)14(19)18-3-5-20-6-4-18;/h1-2,7-8H,3-6H2;1H. The van der Waals surface area contributed by atoms with Gasteiger partial charge in [0.1, 0.15) is 0 Å². The highest BCUT2D eigenvalue weighted by molar-refractivity contribution is 6.39. The summed E-state index contributed by atoms with van der Waals surface area (Å²) in [6.45, 7) is 2.25. The maximum Gasteiger partial charge on any atom is 0.257 e. The molecule has 1 amide bonds. The second kappa shape index (κ2) is 6.79. The summed E-state index contributed by atoms with van der Waals surface area (Å²) in [5.74, 6) is -0.118. The number of amides is 1. The molecule has 1 aromatic heterocycles. The first kappa shape index (κ1) is 16.3. The molecule has 1 aliphatic rings. The van der Waals surface area contributed by atoms with Crippen molar-refractivity contribution in [3.63, 3.8) is 0 Å². The van der Waals surface area contributed by atoms with Crippen LogP contribution in [0.3, 0.4) is 0 Å². The van der Waals surface area contributed by atoms with Crippen molar-refractivity contribution >= 4 is 52.4 Å². The number of carbonyl (C=O) groups is 1. The molecule has 0 radical (unpaired) electrons. The van der Waals surface area contributed by atoms with E-state index in [1.54, 1.807) is 23.1 Å². The largest absolute Gasteiger partial charge is 0.378 e. The summed E-state index contributed by atoms with van der Waals surface area (Å²) in [5.41, 5.74) is 1.13. The van der Waals surface area contributed by atoms with Gasteiger partial charge >= 0.3 is 0 Å². The third kappa shape index (κ3) is 3.24. The lowest BCUT2D eigenvalue weighted by Crippen LogP contribution is -2.40. The van der Waals surface area contributed by atoms with E-state index in [2.05, 4.69) is 4.98 Å². The molecular formula is C14H13Cl3N2O2. The van der Waals surface area contributed by atoms with Crippen molar-refractivity contribution in [2.75, 3.05) is 26.3 Å². The summed E-state index contributed by atoms with van der Waals surface area (Å²) in [6.07, 6.45) is 1.52. The Labute approximate surface area is 138 Å². The van der Waals surface area contributed by atoms with Crippen LogP contribution in [0.1, 0.15) is 10.4 Å². The number of fused-ring (bicyclic) bond motifs is 1. The number of benzene rings is 1. The topological polar surface area (TPSA) is 42.4 Å². The van der Waals surface area contributed by atoms with Gasteiger partial charge in [-0.2, -0.15) is 0 Å². The molecule has 0 bridgehead atoms. The van der Waals surface area contributed by atoms with Gasteiger partial charge in [0, 0.05) is 29.7 Å². The molecule has 4 nitrogen and oxygen atoms in total.